The van der Waals surface area contributed by atoms with Crippen LogP contribution in [0.4, 0.5) is 4.39 Å². The molecule has 3 rings (SSSR count). The number of aromatic nitrogens is 3. The van der Waals surface area contributed by atoms with Gasteiger partial charge in [0.2, 0.25) is 0 Å². The van der Waals surface area contributed by atoms with E-state index in [-0.39, 0.29) is 5.82 Å². The molecule has 0 aliphatic carbocycles. The molecule has 6 heteroatoms. The molecule has 0 N–H and O–H groups in total. The quantitative estimate of drug-likeness (QED) is 0.615. The summed E-state index contributed by atoms with van der Waals surface area (Å²) in [6, 6.07) is 8.71. The largest absolute Gasteiger partial charge is 0.469 e. The maximum atomic E-state index is 13.8. The highest BCUT2D eigenvalue weighted by Crippen LogP contribution is 2.29. The first-order valence-corrected chi connectivity index (χ1v) is 8.53. The summed E-state index contributed by atoms with van der Waals surface area (Å²) in [5.74, 6) is 1.96. The molecule has 0 spiro atoms. The number of hydrogen-bond acceptors (Lipinski definition) is 4. The number of hydrogen-bond donors (Lipinski definition) is 0. The molecule has 2 heterocycles. The lowest BCUT2D eigenvalue weighted by atomic mass is 10.2. The molecule has 0 aliphatic rings. The molecule has 120 valence electrons. The lowest BCUT2D eigenvalue weighted by Gasteiger charge is -2.08. The predicted molar refractivity (Wildman–Crippen MR) is 88.7 cm³/mol. The van der Waals surface area contributed by atoms with E-state index < -0.39 is 0 Å². The zero-order chi connectivity index (χ0) is 16.2. The summed E-state index contributed by atoms with van der Waals surface area (Å²) >= 11 is 1.50. The fourth-order valence-electron chi connectivity index (χ4n) is 2.39. The smallest absolute Gasteiger partial charge is 0.191 e. The highest BCUT2D eigenvalue weighted by molar-refractivity contribution is 7.98. The summed E-state index contributed by atoms with van der Waals surface area (Å²) < 4.78 is 21.2. The lowest BCUT2D eigenvalue weighted by molar-refractivity contribution is 0.534. The van der Waals surface area contributed by atoms with E-state index in [0.29, 0.717) is 11.3 Å². The van der Waals surface area contributed by atoms with Crippen molar-refractivity contribution in [2.24, 2.45) is 0 Å². The first kappa shape index (κ1) is 15.8. The van der Waals surface area contributed by atoms with Gasteiger partial charge in [-0.05, 0) is 31.0 Å². The highest BCUT2D eigenvalue weighted by Gasteiger charge is 2.17. The van der Waals surface area contributed by atoms with Crippen molar-refractivity contribution in [2.45, 2.75) is 37.7 Å². The van der Waals surface area contributed by atoms with Crippen LogP contribution in [0.15, 0.2) is 46.2 Å². The molecule has 0 saturated carbocycles. The zero-order valence-corrected chi connectivity index (χ0v) is 13.9. The average molecular weight is 331 g/mol. The molecule has 0 radical (unpaired) electrons. The van der Waals surface area contributed by atoms with E-state index in [2.05, 4.69) is 21.7 Å². The third kappa shape index (κ3) is 3.32. The van der Waals surface area contributed by atoms with Gasteiger partial charge in [-0.3, -0.25) is 0 Å². The highest BCUT2D eigenvalue weighted by atomic mass is 32.2. The Morgan fingerprint density at radius 2 is 2.04 bits per heavy atom. The van der Waals surface area contributed by atoms with Crippen LogP contribution in [-0.2, 0) is 12.3 Å². The second-order valence-electron chi connectivity index (χ2n) is 5.23. The van der Waals surface area contributed by atoms with E-state index >= 15 is 0 Å². The molecule has 0 aliphatic heterocycles. The molecule has 3 aromatic rings. The Hall–Kier alpha value is -2.08. The summed E-state index contributed by atoms with van der Waals surface area (Å²) in [5, 5.41) is 9.40. The molecule has 0 bridgehead atoms. The predicted octanol–water partition coefficient (Wildman–Crippen LogP) is 4.69. The van der Waals surface area contributed by atoms with Gasteiger partial charge in [0, 0.05) is 12.3 Å². The fourth-order valence-corrected chi connectivity index (χ4v) is 3.35. The monoisotopic (exact) mass is 331 g/mol. The Morgan fingerprint density at radius 3 is 2.74 bits per heavy atom. The van der Waals surface area contributed by atoms with Crippen molar-refractivity contribution >= 4 is 11.8 Å². The van der Waals surface area contributed by atoms with Gasteiger partial charge in [0.05, 0.1) is 11.8 Å². The minimum Gasteiger partial charge on any atom is -0.469 e. The number of aryl methyl sites for hydroxylation is 1. The summed E-state index contributed by atoms with van der Waals surface area (Å²) in [6.07, 6.45) is 2.62. The minimum absolute atomic E-state index is 0.188. The van der Waals surface area contributed by atoms with Gasteiger partial charge in [-0.15, -0.1) is 10.2 Å². The lowest BCUT2D eigenvalue weighted by Crippen LogP contribution is -2.02. The molecule has 0 amide bonds. The van der Waals surface area contributed by atoms with Gasteiger partial charge in [-0.2, -0.15) is 0 Å². The van der Waals surface area contributed by atoms with Crippen LogP contribution in [0.2, 0.25) is 0 Å². The van der Waals surface area contributed by atoms with E-state index in [1.165, 1.54) is 17.8 Å². The number of nitrogens with zero attached hydrogens (tertiary/aromatic N) is 3. The van der Waals surface area contributed by atoms with Gasteiger partial charge < -0.3 is 8.98 Å². The molecule has 0 fully saturated rings. The molecule has 23 heavy (non-hydrogen) atoms. The summed E-state index contributed by atoms with van der Waals surface area (Å²) in [7, 11) is 0. The van der Waals surface area contributed by atoms with Gasteiger partial charge in [-0.1, -0.05) is 36.9 Å². The van der Waals surface area contributed by atoms with E-state index in [1.54, 1.807) is 18.4 Å². The van der Waals surface area contributed by atoms with Gasteiger partial charge in [0.15, 0.2) is 11.0 Å². The van der Waals surface area contributed by atoms with E-state index in [9.17, 15) is 4.39 Å². The normalized spacial score (nSPS) is 11.1. The Kier molecular flexibility index (Phi) is 4.81. The van der Waals surface area contributed by atoms with Gasteiger partial charge in [-0.25, -0.2) is 4.39 Å². The third-order valence-electron chi connectivity index (χ3n) is 3.58. The van der Waals surface area contributed by atoms with Crippen LogP contribution in [0.25, 0.3) is 11.4 Å². The SMILES string of the molecule is CCCn1c(SCc2ccccc2F)nnc1-c1ccoc1C. The van der Waals surface area contributed by atoms with E-state index in [4.69, 9.17) is 4.42 Å². The topological polar surface area (TPSA) is 43.9 Å². The second-order valence-corrected chi connectivity index (χ2v) is 6.17. The maximum Gasteiger partial charge on any atom is 0.191 e. The average Bonchev–Trinajstić information content (AvgIpc) is 3.13. The van der Waals surface area contributed by atoms with Crippen molar-refractivity contribution in [1.29, 1.82) is 0 Å². The number of rotatable bonds is 6. The number of benzene rings is 1. The molecule has 0 saturated heterocycles. The van der Waals surface area contributed by atoms with Crippen molar-refractivity contribution in [2.75, 3.05) is 0 Å². The summed E-state index contributed by atoms with van der Waals surface area (Å²) in [4.78, 5) is 0. The molecule has 1 aromatic carbocycles. The second kappa shape index (κ2) is 7.00. The number of furan rings is 1. The number of thioether (sulfide) groups is 1. The van der Waals surface area contributed by atoms with Crippen molar-refractivity contribution in [1.82, 2.24) is 14.8 Å². The van der Waals surface area contributed by atoms with Crippen molar-refractivity contribution in [3.63, 3.8) is 0 Å². The summed E-state index contributed by atoms with van der Waals surface area (Å²) in [6.45, 7) is 4.83. The zero-order valence-electron chi connectivity index (χ0n) is 13.1. The van der Waals surface area contributed by atoms with E-state index in [0.717, 1.165) is 35.3 Å². The van der Waals surface area contributed by atoms with Gasteiger partial charge >= 0.3 is 0 Å². The van der Waals surface area contributed by atoms with Crippen molar-refractivity contribution in [3.05, 3.63) is 53.7 Å². The Bertz CT molecular complexity index is 797. The Morgan fingerprint density at radius 1 is 1.22 bits per heavy atom. The molecule has 0 atom stereocenters. The molecular weight excluding hydrogens is 313 g/mol. The first-order chi connectivity index (χ1) is 11.2. The van der Waals surface area contributed by atoms with Gasteiger partial charge in [0.25, 0.3) is 0 Å². The molecule has 0 unspecified atom stereocenters. The maximum absolute atomic E-state index is 13.8. The van der Waals surface area contributed by atoms with Crippen LogP contribution < -0.4 is 0 Å². The Labute approximate surface area is 138 Å². The standard InChI is InChI=1S/C17H18FN3OS/c1-3-9-21-16(14-8-10-22-12(14)2)19-20-17(21)23-11-13-6-4-5-7-15(13)18/h4-8,10H,3,9,11H2,1-2H3. The third-order valence-corrected chi connectivity index (χ3v) is 4.59. The van der Waals surface area contributed by atoms with Crippen LogP contribution >= 0.6 is 11.8 Å². The van der Waals surface area contributed by atoms with Crippen LogP contribution in [0.1, 0.15) is 24.7 Å². The fraction of sp³-hybridized carbons (Fsp3) is 0.294. The van der Waals surface area contributed by atoms with E-state index in [1.807, 2.05) is 19.1 Å². The van der Waals surface area contributed by atoms with Crippen molar-refractivity contribution < 1.29 is 8.81 Å². The summed E-state index contributed by atoms with van der Waals surface area (Å²) in [5.41, 5.74) is 1.62. The molecular formula is C17H18FN3OS. The molecule has 4 nitrogen and oxygen atoms in total. The first-order valence-electron chi connectivity index (χ1n) is 7.54. The van der Waals surface area contributed by atoms with Gasteiger partial charge in [0.1, 0.15) is 11.6 Å². The Balaban J connectivity index is 1.87. The molecule has 2 aromatic heterocycles. The minimum atomic E-state index is -0.188. The van der Waals surface area contributed by atoms with Crippen LogP contribution in [-0.4, -0.2) is 14.8 Å². The van der Waals surface area contributed by atoms with Crippen LogP contribution in [0, 0.1) is 12.7 Å². The number of halogens is 1. The van der Waals surface area contributed by atoms with Crippen molar-refractivity contribution in [3.8, 4) is 11.4 Å². The van der Waals surface area contributed by atoms with Crippen LogP contribution in [0.3, 0.4) is 0 Å². The van der Waals surface area contributed by atoms with Crippen LogP contribution in [0.5, 0.6) is 0 Å².